The summed E-state index contributed by atoms with van der Waals surface area (Å²) < 4.78 is 1.14. The van der Waals surface area contributed by atoms with Crippen LogP contribution < -0.4 is 0 Å². The zero-order valence-corrected chi connectivity index (χ0v) is 15.2. The standard InChI is InChI=1S/C17H17ClINO3/c18-14-3-1-2-13(10-14)16(21)11-20(17(22)23)9-8-12-4-6-15(19)7-5-12/h1-7,10,16,21H,8-9,11H2,(H,22,23)/t16-/m1/s1. The Balaban J connectivity index is 1.98. The fourth-order valence-corrected chi connectivity index (χ4v) is 2.77. The fourth-order valence-electron chi connectivity index (χ4n) is 2.21. The van der Waals surface area contributed by atoms with E-state index in [0.717, 1.165) is 9.13 Å². The van der Waals surface area contributed by atoms with E-state index in [1.807, 2.05) is 24.3 Å². The molecule has 0 fully saturated rings. The summed E-state index contributed by atoms with van der Waals surface area (Å²) in [5.41, 5.74) is 1.67. The highest BCUT2D eigenvalue weighted by Crippen LogP contribution is 2.19. The van der Waals surface area contributed by atoms with E-state index in [2.05, 4.69) is 22.6 Å². The van der Waals surface area contributed by atoms with Gasteiger partial charge >= 0.3 is 6.09 Å². The van der Waals surface area contributed by atoms with E-state index in [0.29, 0.717) is 23.6 Å². The number of hydrogen-bond donors (Lipinski definition) is 2. The molecule has 1 amide bonds. The van der Waals surface area contributed by atoms with Gasteiger partial charge in [0.05, 0.1) is 12.6 Å². The van der Waals surface area contributed by atoms with Gasteiger partial charge in [-0.05, 0) is 64.4 Å². The van der Waals surface area contributed by atoms with Gasteiger partial charge in [-0.3, -0.25) is 0 Å². The van der Waals surface area contributed by atoms with Crippen LogP contribution in [-0.4, -0.2) is 34.3 Å². The van der Waals surface area contributed by atoms with Crippen molar-refractivity contribution in [2.45, 2.75) is 12.5 Å². The molecule has 0 aliphatic heterocycles. The number of carboxylic acid groups (broad SMARTS) is 1. The molecule has 4 nitrogen and oxygen atoms in total. The molecule has 0 unspecified atom stereocenters. The van der Waals surface area contributed by atoms with Crippen molar-refractivity contribution in [1.82, 2.24) is 4.90 Å². The first-order chi connectivity index (χ1) is 11.0. The summed E-state index contributed by atoms with van der Waals surface area (Å²) in [6.45, 7) is 0.341. The third-order valence-electron chi connectivity index (χ3n) is 3.48. The molecule has 2 aromatic rings. The summed E-state index contributed by atoms with van der Waals surface area (Å²) in [5, 5.41) is 20.1. The number of aliphatic hydroxyl groups is 1. The fraction of sp³-hybridized carbons (Fsp3) is 0.235. The number of amides is 1. The smallest absolute Gasteiger partial charge is 0.407 e. The van der Waals surface area contributed by atoms with Crippen molar-refractivity contribution in [1.29, 1.82) is 0 Å². The Bertz CT molecular complexity index is 663. The molecular formula is C17H17ClINO3. The topological polar surface area (TPSA) is 60.8 Å². The minimum atomic E-state index is -1.04. The second kappa shape index (κ2) is 8.52. The van der Waals surface area contributed by atoms with Gasteiger partial charge in [0.2, 0.25) is 0 Å². The zero-order valence-electron chi connectivity index (χ0n) is 12.3. The van der Waals surface area contributed by atoms with Gasteiger partial charge in [-0.1, -0.05) is 35.9 Å². The van der Waals surface area contributed by atoms with Gasteiger partial charge in [0.1, 0.15) is 0 Å². The van der Waals surface area contributed by atoms with Crippen LogP contribution in [0.2, 0.25) is 5.02 Å². The first-order valence-electron chi connectivity index (χ1n) is 7.11. The van der Waals surface area contributed by atoms with Gasteiger partial charge < -0.3 is 15.1 Å². The number of rotatable bonds is 6. The third-order valence-corrected chi connectivity index (χ3v) is 4.44. The van der Waals surface area contributed by atoms with Gasteiger partial charge in [-0.25, -0.2) is 4.79 Å². The number of halogens is 2. The molecule has 0 aromatic heterocycles. The zero-order chi connectivity index (χ0) is 16.8. The van der Waals surface area contributed by atoms with Crippen molar-refractivity contribution in [3.05, 3.63) is 68.3 Å². The van der Waals surface area contributed by atoms with Crippen molar-refractivity contribution in [2.75, 3.05) is 13.1 Å². The minimum absolute atomic E-state index is 0.0139. The van der Waals surface area contributed by atoms with Crippen LogP contribution in [0.3, 0.4) is 0 Å². The lowest BCUT2D eigenvalue weighted by atomic mass is 10.1. The van der Waals surface area contributed by atoms with E-state index < -0.39 is 12.2 Å². The SMILES string of the molecule is O=C(O)N(CCc1ccc(I)cc1)C[C@@H](O)c1cccc(Cl)c1. The van der Waals surface area contributed by atoms with Crippen LogP contribution in [0, 0.1) is 3.57 Å². The van der Waals surface area contributed by atoms with Gasteiger partial charge in [-0.2, -0.15) is 0 Å². The second-order valence-electron chi connectivity index (χ2n) is 5.18. The quantitative estimate of drug-likeness (QED) is 0.655. The average Bonchev–Trinajstić information content (AvgIpc) is 2.52. The Kier molecular flexibility index (Phi) is 6.68. The maximum atomic E-state index is 11.4. The number of benzene rings is 2. The van der Waals surface area contributed by atoms with Crippen LogP contribution in [0.1, 0.15) is 17.2 Å². The maximum Gasteiger partial charge on any atom is 0.407 e. The Morgan fingerprint density at radius 3 is 2.52 bits per heavy atom. The first-order valence-corrected chi connectivity index (χ1v) is 8.57. The number of hydrogen-bond acceptors (Lipinski definition) is 2. The average molecular weight is 446 g/mol. The molecule has 23 heavy (non-hydrogen) atoms. The lowest BCUT2D eigenvalue weighted by molar-refractivity contribution is 0.0973. The molecular weight excluding hydrogens is 429 g/mol. The Labute approximate surface area is 153 Å². The molecule has 0 spiro atoms. The highest BCUT2D eigenvalue weighted by Gasteiger charge is 2.18. The summed E-state index contributed by atoms with van der Waals surface area (Å²) in [7, 11) is 0. The summed E-state index contributed by atoms with van der Waals surface area (Å²) in [4.78, 5) is 12.6. The largest absolute Gasteiger partial charge is 0.465 e. The van der Waals surface area contributed by atoms with Gasteiger partial charge in [-0.15, -0.1) is 0 Å². The summed E-state index contributed by atoms with van der Waals surface area (Å²) in [5.74, 6) is 0. The van der Waals surface area contributed by atoms with Crippen LogP contribution in [-0.2, 0) is 6.42 Å². The molecule has 2 N–H and O–H groups in total. The van der Waals surface area contributed by atoms with Crippen LogP contribution in [0.25, 0.3) is 0 Å². The molecule has 0 radical (unpaired) electrons. The molecule has 0 saturated carbocycles. The Hall–Kier alpha value is -1.31. The molecule has 6 heteroatoms. The first kappa shape index (κ1) is 18.0. The van der Waals surface area contributed by atoms with Crippen molar-refractivity contribution >= 4 is 40.3 Å². The van der Waals surface area contributed by atoms with Crippen molar-refractivity contribution in [2.24, 2.45) is 0 Å². The van der Waals surface area contributed by atoms with Crippen LogP contribution in [0.15, 0.2) is 48.5 Å². The normalized spacial score (nSPS) is 12.0. The van der Waals surface area contributed by atoms with E-state index in [1.54, 1.807) is 24.3 Å². The lowest BCUT2D eigenvalue weighted by Crippen LogP contribution is -2.35. The molecule has 0 bridgehead atoms. The van der Waals surface area contributed by atoms with Crippen LogP contribution in [0.4, 0.5) is 4.79 Å². The van der Waals surface area contributed by atoms with Crippen LogP contribution >= 0.6 is 34.2 Å². The van der Waals surface area contributed by atoms with E-state index in [4.69, 9.17) is 11.6 Å². The maximum absolute atomic E-state index is 11.4. The Morgan fingerprint density at radius 2 is 1.91 bits per heavy atom. The molecule has 1 atom stereocenters. The molecule has 0 heterocycles. The summed E-state index contributed by atoms with van der Waals surface area (Å²) in [6.07, 6.45) is -1.34. The highest BCUT2D eigenvalue weighted by molar-refractivity contribution is 14.1. The molecule has 2 rings (SSSR count). The second-order valence-corrected chi connectivity index (χ2v) is 6.86. The Morgan fingerprint density at radius 1 is 1.22 bits per heavy atom. The third kappa shape index (κ3) is 5.67. The molecule has 122 valence electrons. The summed E-state index contributed by atoms with van der Waals surface area (Å²) >= 11 is 8.13. The molecule has 0 aliphatic rings. The highest BCUT2D eigenvalue weighted by atomic mass is 127. The van der Waals surface area contributed by atoms with Gasteiger partial charge in [0, 0.05) is 15.1 Å². The number of aliphatic hydroxyl groups excluding tert-OH is 1. The van der Waals surface area contributed by atoms with E-state index in [9.17, 15) is 15.0 Å². The van der Waals surface area contributed by atoms with Crippen LogP contribution in [0.5, 0.6) is 0 Å². The minimum Gasteiger partial charge on any atom is -0.465 e. The molecule has 0 aliphatic carbocycles. The van der Waals surface area contributed by atoms with Crippen molar-refractivity contribution in [3.8, 4) is 0 Å². The van der Waals surface area contributed by atoms with Crippen molar-refractivity contribution < 1.29 is 15.0 Å². The monoisotopic (exact) mass is 445 g/mol. The number of nitrogens with zero attached hydrogens (tertiary/aromatic N) is 1. The number of carbonyl (C=O) groups is 1. The predicted octanol–water partition coefficient (Wildman–Crippen LogP) is 4.20. The van der Waals surface area contributed by atoms with E-state index >= 15 is 0 Å². The predicted molar refractivity (Wildman–Crippen MR) is 98.9 cm³/mol. The van der Waals surface area contributed by atoms with Gasteiger partial charge in [0.25, 0.3) is 0 Å². The van der Waals surface area contributed by atoms with E-state index in [-0.39, 0.29) is 6.54 Å². The molecule has 2 aromatic carbocycles. The van der Waals surface area contributed by atoms with Gasteiger partial charge in [0.15, 0.2) is 0 Å². The molecule has 0 saturated heterocycles. The summed E-state index contributed by atoms with van der Waals surface area (Å²) in [6, 6.07) is 14.8. The van der Waals surface area contributed by atoms with E-state index in [1.165, 1.54) is 4.90 Å². The van der Waals surface area contributed by atoms with Crippen molar-refractivity contribution in [3.63, 3.8) is 0 Å². The lowest BCUT2D eigenvalue weighted by Gasteiger charge is -2.23.